The van der Waals surface area contributed by atoms with Crippen molar-refractivity contribution in [3.63, 3.8) is 0 Å². The van der Waals surface area contributed by atoms with Crippen molar-refractivity contribution in [1.29, 1.82) is 0 Å². The van der Waals surface area contributed by atoms with Gasteiger partial charge < -0.3 is 4.74 Å². The molecule has 1 rings (SSSR count). The number of ether oxygens (including phenoxy) is 1. The fourth-order valence-electron chi connectivity index (χ4n) is 1.12. The maximum atomic E-state index is 6.01. The van der Waals surface area contributed by atoms with Gasteiger partial charge in [0, 0.05) is 17.5 Å². The van der Waals surface area contributed by atoms with Crippen LogP contribution in [0.1, 0.15) is 39.3 Å². The van der Waals surface area contributed by atoms with Crippen LogP contribution in [0.25, 0.3) is 0 Å². The lowest BCUT2D eigenvalue weighted by atomic mass is 10.1. The van der Waals surface area contributed by atoms with E-state index in [2.05, 4.69) is 9.97 Å². The Balaban J connectivity index is 2.82. The molecule has 0 bridgehead atoms. The van der Waals surface area contributed by atoms with E-state index in [1.807, 2.05) is 27.7 Å². The number of aromatic nitrogens is 2. The highest BCUT2D eigenvalue weighted by atomic mass is 35.5. The highest BCUT2D eigenvalue weighted by molar-refractivity contribution is 6.20. The SMILES string of the molecule is CC(C)Oc1cncc(C(C)C(C)Cl)n1. The number of hydrogen-bond donors (Lipinski definition) is 0. The van der Waals surface area contributed by atoms with Gasteiger partial charge in [-0.2, -0.15) is 0 Å². The molecule has 0 aromatic carbocycles. The number of halogens is 1. The van der Waals surface area contributed by atoms with Crippen molar-refractivity contribution < 1.29 is 4.74 Å². The van der Waals surface area contributed by atoms with Crippen LogP contribution in [0.4, 0.5) is 0 Å². The summed E-state index contributed by atoms with van der Waals surface area (Å²) in [6.07, 6.45) is 3.46. The quantitative estimate of drug-likeness (QED) is 0.744. The first-order valence-electron chi connectivity index (χ1n) is 5.13. The molecule has 2 atom stereocenters. The number of nitrogens with zero attached hydrogens (tertiary/aromatic N) is 2. The van der Waals surface area contributed by atoms with Crippen LogP contribution in [0.3, 0.4) is 0 Å². The third-order valence-electron chi connectivity index (χ3n) is 2.14. The van der Waals surface area contributed by atoms with Gasteiger partial charge in [-0.15, -0.1) is 11.6 Å². The second-order valence-electron chi connectivity index (χ2n) is 3.91. The van der Waals surface area contributed by atoms with Crippen LogP contribution in [0, 0.1) is 0 Å². The summed E-state index contributed by atoms with van der Waals surface area (Å²) in [6, 6.07) is 0. The van der Waals surface area contributed by atoms with Gasteiger partial charge in [-0.1, -0.05) is 6.92 Å². The van der Waals surface area contributed by atoms with Crippen LogP contribution in [-0.4, -0.2) is 21.4 Å². The Morgan fingerprint density at radius 2 is 1.87 bits per heavy atom. The number of hydrogen-bond acceptors (Lipinski definition) is 3. The zero-order chi connectivity index (χ0) is 11.4. The van der Waals surface area contributed by atoms with Crippen LogP contribution in [0.15, 0.2) is 12.4 Å². The molecule has 0 N–H and O–H groups in total. The Hall–Kier alpha value is -0.830. The maximum Gasteiger partial charge on any atom is 0.232 e. The summed E-state index contributed by atoms with van der Waals surface area (Å²) in [7, 11) is 0. The highest BCUT2D eigenvalue weighted by Gasteiger charge is 2.14. The van der Waals surface area contributed by atoms with Gasteiger partial charge >= 0.3 is 0 Å². The summed E-state index contributed by atoms with van der Waals surface area (Å²) < 4.78 is 5.47. The van der Waals surface area contributed by atoms with Gasteiger partial charge in [-0.25, -0.2) is 4.98 Å². The lowest BCUT2D eigenvalue weighted by Crippen LogP contribution is -2.11. The van der Waals surface area contributed by atoms with E-state index in [9.17, 15) is 0 Å². The van der Waals surface area contributed by atoms with Crippen molar-refractivity contribution in [3.8, 4) is 5.88 Å². The molecule has 2 unspecified atom stereocenters. The predicted molar refractivity (Wildman–Crippen MR) is 61.5 cm³/mol. The van der Waals surface area contributed by atoms with Gasteiger partial charge in [0.25, 0.3) is 0 Å². The normalized spacial score (nSPS) is 15.1. The van der Waals surface area contributed by atoms with E-state index in [1.54, 1.807) is 12.4 Å². The fraction of sp³-hybridized carbons (Fsp3) is 0.636. The summed E-state index contributed by atoms with van der Waals surface area (Å²) in [6.45, 7) is 7.90. The third kappa shape index (κ3) is 3.67. The number of alkyl halides is 1. The van der Waals surface area contributed by atoms with Gasteiger partial charge in [-0.05, 0) is 20.8 Å². The average Bonchev–Trinajstić information content (AvgIpc) is 2.16. The topological polar surface area (TPSA) is 35.0 Å². The molecule has 0 aliphatic heterocycles. The van der Waals surface area contributed by atoms with E-state index >= 15 is 0 Å². The molecule has 1 heterocycles. The maximum absolute atomic E-state index is 6.01. The molecule has 0 spiro atoms. The molecule has 1 aromatic rings. The first-order chi connectivity index (χ1) is 7.00. The van der Waals surface area contributed by atoms with E-state index in [-0.39, 0.29) is 17.4 Å². The Bertz CT molecular complexity index is 315. The summed E-state index contributed by atoms with van der Waals surface area (Å²) >= 11 is 6.01. The van der Waals surface area contributed by atoms with Crippen molar-refractivity contribution in [2.45, 2.75) is 45.1 Å². The molecule has 0 saturated carbocycles. The molecular weight excluding hydrogens is 212 g/mol. The van der Waals surface area contributed by atoms with E-state index < -0.39 is 0 Å². The Kier molecular flexibility index (Phi) is 4.33. The predicted octanol–water partition coefficient (Wildman–Crippen LogP) is 2.99. The van der Waals surface area contributed by atoms with Crippen molar-refractivity contribution >= 4 is 11.6 Å². The molecule has 0 radical (unpaired) electrons. The molecule has 1 aromatic heterocycles. The zero-order valence-electron chi connectivity index (χ0n) is 9.57. The van der Waals surface area contributed by atoms with Crippen molar-refractivity contribution in [2.24, 2.45) is 0 Å². The van der Waals surface area contributed by atoms with E-state index in [1.165, 1.54) is 0 Å². The van der Waals surface area contributed by atoms with Crippen molar-refractivity contribution in [2.75, 3.05) is 0 Å². The standard InChI is InChI=1S/C11H17ClN2O/c1-7(2)15-11-6-13-5-10(14-11)8(3)9(4)12/h5-9H,1-4H3. The van der Waals surface area contributed by atoms with E-state index in [0.29, 0.717) is 5.88 Å². The second kappa shape index (κ2) is 5.31. The Morgan fingerprint density at radius 3 is 2.40 bits per heavy atom. The Morgan fingerprint density at radius 1 is 1.20 bits per heavy atom. The lowest BCUT2D eigenvalue weighted by molar-refractivity contribution is 0.230. The highest BCUT2D eigenvalue weighted by Crippen LogP contribution is 2.22. The van der Waals surface area contributed by atoms with Crippen molar-refractivity contribution in [3.05, 3.63) is 18.1 Å². The molecular formula is C11H17ClN2O. The average molecular weight is 229 g/mol. The molecule has 84 valence electrons. The summed E-state index contributed by atoms with van der Waals surface area (Å²) in [4.78, 5) is 8.46. The van der Waals surface area contributed by atoms with E-state index in [4.69, 9.17) is 16.3 Å². The summed E-state index contributed by atoms with van der Waals surface area (Å²) in [5.41, 5.74) is 0.871. The van der Waals surface area contributed by atoms with Crippen LogP contribution in [-0.2, 0) is 0 Å². The van der Waals surface area contributed by atoms with Crippen LogP contribution >= 0.6 is 11.6 Å². The molecule has 0 aliphatic carbocycles. The zero-order valence-corrected chi connectivity index (χ0v) is 10.3. The van der Waals surface area contributed by atoms with Crippen LogP contribution in [0.2, 0.25) is 0 Å². The largest absolute Gasteiger partial charge is 0.474 e. The first kappa shape index (κ1) is 12.2. The smallest absolute Gasteiger partial charge is 0.232 e. The van der Waals surface area contributed by atoms with Gasteiger partial charge in [0.1, 0.15) is 0 Å². The Labute approximate surface area is 95.8 Å². The molecule has 0 fully saturated rings. The number of rotatable bonds is 4. The first-order valence-corrected chi connectivity index (χ1v) is 5.57. The molecule has 0 saturated heterocycles. The monoisotopic (exact) mass is 228 g/mol. The molecule has 15 heavy (non-hydrogen) atoms. The minimum absolute atomic E-state index is 0.0357. The van der Waals surface area contributed by atoms with Gasteiger partial charge in [0.15, 0.2) is 0 Å². The molecule has 0 amide bonds. The van der Waals surface area contributed by atoms with Gasteiger partial charge in [0.05, 0.1) is 18.0 Å². The van der Waals surface area contributed by atoms with Crippen molar-refractivity contribution in [1.82, 2.24) is 9.97 Å². The van der Waals surface area contributed by atoms with Gasteiger partial charge in [0.2, 0.25) is 5.88 Å². The second-order valence-corrected chi connectivity index (χ2v) is 4.60. The summed E-state index contributed by atoms with van der Waals surface area (Å²) in [5, 5.41) is 0.0357. The summed E-state index contributed by atoms with van der Waals surface area (Å²) in [5.74, 6) is 0.738. The van der Waals surface area contributed by atoms with Crippen LogP contribution < -0.4 is 4.74 Å². The minimum atomic E-state index is 0.0357. The van der Waals surface area contributed by atoms with E-state index in [0.717, 1.165) is 5.69 Å². The van der Waals surface area contributed by atoms with Crippen LogP contribution in [0.5, 0.6) is 5.88 Å². The van der Waals surface area contributed by atoms with Gasteiger partial charge in [-0.3, -0.25) is 4.98 Å². The minimum Gasteiger partial charge on any atom is -0.474 e. The molecule has 3 nitrogen and oxygen atoms in total. The molecule has 0 aliphatic rings. The lowest BCUT2D eigenvalue weighted by Gasteiger charge is -2.14. The third-order valence-corrected chi connectivity index (χ3v) is 2.52. The molecule has 4 heteroatoms. The fourth-order valence-corrected chi connectivity index (χ4v) is 1.24.